The van der Waals surface area contributed by atoms with Crippen molar-refractivity contribution >= 4 is 26.0 Å². The number of piperazine rings is 1. The van der Waals surface area contributed by atoms with Gasteiger partial charge < -0.3 is 5.32 Å². The van der Waals surface area contributed by atoms with Crippen molar-refractivity contribution in [2.24, 2.45) is 0 Å². The normalized spacial score (nSPS) is 27.6. The highest BCUT2D eigenvalue weighted by Gasteiger charge is 2.37. The van der Waals surface area contributed by atoms with Crippen LogP contribution in [0.3, 0.4) is 0 Å². The molecule has 2 aliphatic heterocycles. The second kappa shape index (κ2) is 5.16. The van der Waals surface area contributed by atoms with Crippen LogP contribution in [0.1, 0.15) is 18.4 Å². The van der Waals surface area contributed by atoms with Gasteiger partial charge in [0.2, 0.25) is 10.0 Å². The van der Waals surface area contributed by atoms with Crippen LogP contribution in [0.15, 0.2) is 28.7 Å². The molecule has 3 rings (SSSR count). The minimum Gasteiger partial charge on any atom is -0.309 e. The molecule has 2 heterocycles. The summed E-state index contributed by atoms with van der Waals surface area (Å²) in [6.07, 6.45) is 2.18. The van der Waals surface area contributed by atoms with E-state index in [-0.39, 0.29) is 5.75 Å². The third-order valence-electron chi connectivity index (χ3n) is 3.84. The van der Waals surface area contributed by atoms with E-state index < -0.39 is 10.0 Å². The van der Waals surface area contributed by atoms with E-state index in [4.69, 9.17) is 0 Å². The highest BCUT2D eigenvalue weighted by molar-refractivity contribution is 9.10. The fraction of sp³-hybridized carbons (Fsp3) is 0.538. The summed E-state index contributed by atoms with van der Waals surface area (Å²) in [5, 5.41) is 3.45. The molecule has 19 heavy (non-hydrogen) atoms. The van der Waals surface area contributed by atoms with Gasteiger partial charge in [0.25, 0.3) is 0 Å². The Kier molecular flexibility index (Phi) is 3.68. The number of rotatable bonds is 3. The molecule has 2 aliphatic rings. The number of nitrogens with one attached hydrogen (secondary N) is 1. The van der Waals surface area contributed by atoms with Gasteiger partial charge in [0.15, 0.2) is 0 Å². The minimum absolute atomic E-state index is 0.0969. The molecule has 1 N–H and O–H groups in total. The van der Waals surface area contributed by atoms with Crippen LogP contribution in [0, 0.1) is 0 Å². The zero-order valence-electron chi connectivity index (χ0n) is 10.5. The van der Waals surface area contributed by atoms with Crippen molar-refractivity contribution < 1.29 is 8.42 Å². The zero-order valence-corrected chi connectivity index (χ0v) is 13.0. The highest BCUT2D eigenvalue weighted by Crippen LogP contribution is 2.24. The van der Waals surface area contributed by atoms with Gasteiger partial charge in [-0.3, -0.25) is 0 Å². The summed E-state index contributed by atoms with van der Waals surface area (Å²) in [5.41, 5.74) is 0.842. The molecule has 0 spiro atoms. The average Bonchev–Trinajstić information content (AvgIpc) is 2.71. The first-order valence-corrected chi connectivity index (χ1v) is 8.91. The highest BCUT2D eigenvalue weighted by atomic mass is 79.9. The largest absolute Gasteiger partial charge is 0.309 e. The van der Waals surface area contributed by atoms with E-state index >= 15 is 0 Å². The monoisotopic (exact) mass is 344 g/mol. The molecule has 2 fully saturated rings. The maximum absolute atomic E-state index is 12.4. The number of fused-ring (bicyclic) bond motifs is 2. The number of hydrogen-bond acceptors (Lipinski definition) is 3. The molecule has 6 heteroatoms. The number of benzene rings is 1. The summed E-state index contributed by atoms with van der Waals surface area (Å²) >= 11 is 3.36. The van der Waals surface area contributed by atoms with E-state index in [1.54, 1.807) is 4.31 Å². The predicted molar refractivity (Wildman–Crippen MR) is 78.3 cm³/mol. The van der Waals surface area contributed by atoms with Gasteiger partial charge in [-0.25, -0.2) is 8.42 Å². The lowest BCUT2D eigenvalue weighted by Gasteiger charge is -2.32. The molecule has 4 nitrogen and oxygen atoms in total. The van der Waals surface area contributed by atoms with E-state index in [9.17, 15) is 8.42 Å². The molecule has 2 unspecified atom stereocenters. The van der Waals surface area contributed by atoms with Crippen molar-refractivity contribution in [2.75, 3.05) is 13.1 Å². The van der Waals surface area contributed by atoms with Crippen molar-refractivity contribution in [3.63, 3.8) is 0 Å². The van der Waals surface area contributed by atoms with Crippen molar-refractivity contribution in [1.82, 2.24) is 9.62 Å². The van der Waals surface area contributed by atoms with Gasteiger partial charge in [-0.1, -0.05) is 28.1 Å². The van der Waals surface area contributed by atoms with Crippen molar-refractivity contribution in [3.8, 4) is 0 Å². The molecule has 0 aliphatic carbocycles. The molecule has 0 radical (unpaired) electrons. The number of hydrogen-bond donors (Lipinski definition) is 1. The lowest BCUT2D eigenvalue weighted by Crippen LogP contribution is -2.53. The van der Waals surface area contributed by atoms with E-state index in [1.807, 2.05) is 24.3 Å². The molecule has 104 valence electrons. The fourth-order valence-electron chi connectivity index (χ4n) is 2.87. The van der Waals surface area contributed by atoms with Crippen LogP contribution in [-0.4, -0.2) is 37.9 Å². The topological polar surface area (TPSA) is 49.4 Å². The smallest absolute Gasteiger partial charge is 0.218 e. The zero-order chi connectivity index (χ0) is 13.5. The molecule has 0 saturated carbocycles. The maximum atomic E-state index is 12.4. The Morgan fingerprint density at radius 1 is 1.16 bits per heavy atom. The quantitative estimate of drug-likeness (QED) is 0.908. The van der Waals surface area contributed by atoms with Gasteiger partial charge in [-0.05, 0) is 30.5 Å². The molecule has 0 aromatic heterocycles. The third-order valence-corrected chi connectivity index (χ3v) is 6.15. The average molecular weight is 345 g/mol. The standard InChI is InChI=1S/C13H17BrN2O2S/c14-11-3-1-10(2-4-11)9-19(17,18)16-7-12-5-6-13(8-16)15-12/h1-4,12-13,15H,5-9H2. The Hall–Kier alpha value is -0.430. The van der Waals surface area contributed by atoms with Crippen molar-refractivity contribution in [1.29, 1.82) is 0 Å². The molecule has 0 amide bonds. The van der Waals surface area contributed by atoms with E-state index in [2.05, 4.69) is 21.2 Å². The fourth-order valence-corrected chi connectivity index (χ4v) is 4.74. The molecule has 1 aromatic rings. The van der Waals surface area contributed by atoms with Gasteiger partial charge in [-0.2, -0.15) is 4.31 Å². The van der Waals surface area contributed by atoms with Crippen LogP contribution >= 0.6 is 15.9 Å². The van der Waals surface area contributed by atoms with Crippen LogP contribution in [0.5, 0.6) is 0 Å². The Labute approximate surface area is 122 Å². The van der Waals surface area contributed by atoms with Crippen LogP contribution in [0.2, 0.25) is 0 Å². The summed E-state index contributed by atoms with van der Waals surface area (Å²) in [4.78, 5) is 0. The third kappa shape index (κ3) is 3.02. The van der Waals surface area contributed by atoms with E-state index in [0.717, 1.165) is 22.9 Å². The SMILES string of the molecule is O=S(=O)(Cc1ccc(Br)cc1)N1CC2CCC(C1)N2. The molecule has 2 bridgehead atoms. The summed E-state index contributed by atoms with van der Waals surface area (Å²) < 4.78 is 27.5. The first-order valence-electron chi connectivity index (χ1n) is 6.51. The van der Waals surface area contributed by atoms with E-state index in [0.29, 0.717) is 25.2 Å². The van der Waals surface area contributed by atoms with Crippen LogP contribution in [0.25, 0.3) is 0 Å². The first kappa shape index (κ1) is 13.5. The Morgan fingerprint density at radius 2 is 1.74 bits per heavy atom. The van der Waals surface area contributed by atoms with Gasteiger partial charge in [0.1, 0.15) is 0 Å². The molecular formula is C13H17BrN2O2S. The second-order valence-electron chi connectivity index (χ2n) is 5.34. The van der Waals surface area contributed by atoms with Gasteiger partial charge in [-0.15, -0.1) is 0 Å². The van der Waals surface area contributed by atoms with Crippen LogP contribution in [0.4, 0.5) is 0 Å². The number of sulfonamides is 1. The summed E-state index contributed by atoms with van der Waals surface area (Å²) in [6.45, 7) is 1.24. The first-order chi connectivity index (χ1) is 9.03. The minimum atomic E-state index is -3.20. The number of halogens is 1. The van der Waals surface area contributed by atoms with E-state index in [1.165, 1.54) is 0 Å². The van der Waals surface area contributed by atoms with Crippen LogP contribution < -0.4 is 5.32 Å². The Morgan fingerprint density at radius 3 is 2.32 bits per heavy atom. The van der Waals surface area contributed by atoms with Crippen molar-refractivity contribution in [3.05, 3.63) is 34.3 Å². The molecule has 2 saturated heterocycles. The predicted octanol–water partition coefficient (Wildman–Crippen LogP) is 1.72. The molecule has 1 aromatic carbocycles. The molecular weight excluding hydrogens is 328 g/mol. The van der Waals surface area contributed by atoms with Crippen LogP contribution in [-0.2, 0) is 15.8 Å². The second-order valence-corrected chi connectivity index (χ2v) is 8.22. The Bertz CT molecular complexity index is 547. The van der Waals surface area contributed by atoms with Crippen molar-refractivity contribution in [2.45, 2.75) is 30.7 Å². The molecule has 2 atom stereocenters. The summed E-state index contributed by atoms with van der Waals surface area (Å²) in [6, 6.07) is 8.17. The lowest BCUT2D eigenvalue weighted by atomic mass is 10.2. The lowest BCUT2D eigenvalue weighted by molar-refractivity contribution is 0.296. The summed E-state index contributed by atoms with van der Waals surface area (Å²) in [7, 11) is -3.20. The van der Waals surface area contributed by atoms with Gasteiger partial charge >= 0.3 is 0 Å². The van der Waals surface area contributed by atoms with Gasteiger partial charge in [0, 0.05) is 29.6 Å². The van der Waals surface area contributed by atoms with Gasteiger partial charge in [0.05, 0.1) is 5.75 Å². The Balaban J connectivity index is 1.74. The number of nitrogens with zero attached hydrogens (tertiary/aromatic N) is 1. The summed E-state index contributed by atoms with van der Waals surface area (Å²) in [5.74, 6) is 0.0969. The maximum Gasteiger partial charge on any atom is 0.218 e.